The highest BCUT2D eigenvalue weighted by atomic mass is 16.5. The number of carbonyl (C=O) groups excluding carboxylic acids is 1. The van der Waals surface area contributed by atoms with Gasteiger partial charge >= 0.3 is 0 Å². The van der Waals surface area contributed by atoms with Crippen LogP contribution >= 0.6 is 0 Å². The van der Waals surface area contributed by atoms with Gasteiger partial charge in [0.15, 0.2) is 0 Å². The first-order valence-corrected chi connectivity index (χ1v) is 8.33. The minimum atomic E-state index is -0.0686. The lowest BCUT2D eigenvalue weighted by molar-refractivity contribution is -0.121. The lowest BCUT2D eigenvalue weighted by Crippen LogP contribution is -2.26. The zero-order valence-corrected chi connectivity index (χ0v) is 14.3. The number of methoxy groups -OCH3 is 1. The minimum absolute atomic E-state index is 0.0189. The maximum Gasteiger partial charge on any atom is 0.222 e. The van der Waals surface area contributed by atoms with Crippen LogP contribution in [0.15, 0.2) is 79.1 Å². The lowest BCUT2D eigenvalue weighted by Gasteiger charge is -2.20. The molecule has 0 fully saturated rings. The van der Waals surface area contributed by atoms with E-state index >= 15 is 0 Å². The number of nitrogens with zero attached hydrogens (tertiary/aromatic N) is 1. The average Bonchev–Trinajstić information content (AvgIpc) is 3.20. The molecule has 4 nitrogen and oxygen atoms in total. The number of ether oxygens (including phenoxy) is 1. The van der Waals surface area contributed by atoms with Crippen molar-refractivity contribution in [3.8, 4) is 5.75 Å². The fraction of sp³-hybridized carbons (Fsp3) is 0.190. The molecule has 0 saturated carbocycles. The molecule has 1 unspecified atom stereocenters. The maximum atomic E-state index is 12.5. The molecule has 0 aliphatic carbocycles. The van der Waals surface area contributed by atoms with Crippen LogP contribution in [0, 0.1) is 0 Å². The summed E-state index contributed by atoms with van der Waals surface area (Å²) in [4.78, 5) is 12.5. The van der Waals surface area contributed by atoms with E-state index in [0.717, 1.165) is 16.9 Å². The Morgan fingerprint density at radius 2 is 1.80 bits per heavy atom. The monoisotopic (exact) mass is 334 g/mol. The average molecular weight is 334 g/mol. The van der Waals surface area contributed by atoms with E-state index in [1.54, 1.807) is 7.11 Å². The van der Waals surface area contributed by atoms with Crippen LogP contribution in [-0.4, -0.2) is 17.6 Å². The number of benzene rings is 2. The second-order valence-corrected chi connectivity index (χ2v) is 5.89. The summed E-state index contributed by atoms with van der Waals surface area (Å²) in [7, 11) is 1.65. The van der Waals surface area contributed by atoms with Crippen LogP contribution in [0.1, 0.15) is 23.6 Å². The van der Waals surface area contributed by atoms with Crippen molar-refractivity contribution in [1.29, 1.82) is 0 Å². The first-order chi connectivity index (χ1) is 12.3. The first kappa shape index (κ1) is 16.8. The van der Waals surface area contributed by atoms with E-state index in [4.69, 9.17) is 4.74 Å². The third-order valence-corrected chi connectivity index (χ3v) is 4.18. The van der Waals surface area contributed by atoms with Gasteiger partial charge in [-0.05, 0) is 35.4 Å². The zero-order chi connectivity index (χ0) is 17.5. The highest BCUT2D eigenvalue weighted by Gasteiger charge is 2.17. The van der Waals surface area contributed by atoms with Gasteiger partial charge in [-0.25, -0.2) is 0 Å². The summed E-state index contributed by atoms with van der Waals surface area (Å²) in [6.45, 7) is 0.538. The molecule has 1 heterocycles. The molecule has 3 rings (SSSR count). The molecule has 1 N–H and O–H groups in total. The Kier molecular flexibility index (Phi) is 5.52. The van der Waals surface area contributed by atoms with Crippen molar-refractivity contribution in [3.05, 3.63) is 90.3 Å². The van der Waals surface area contributed by atoms with Crippen molar-refractivity contribution in [2.45, 2.75) is 19.0 Å². The smallest absolute Gasteiger partial charge is 0.222 e. The van der Waals surface area contributed by atoms with Gasteiger partial charge < -0.3 is 14.6 Å². The molecule has 1 amide bonds. The Balaban J connectivity index is 1.73. The Hall–Kier alpha value is -3.01. The van der Waals surface area contributed by atoms with Crippen molar-refractivity contribution in [2.75, 3.05) is 7.11 Å². The second kappa shape index (κ2) is 8.20. The lowest BCUT2D eigenvalue weighted by atomic mass is 10.0. The molecule has 1 atom stereocenters. The summed E-state index contributed by atoms with van der Waals surface area (Å²) in [6, 6.07) is 21.7. The molecule has 0 saturated heterocycles. The van der Waals surface area contributed by atoms with E-state index in [2.05, 4.69) is 9.88 Å². The number of nitrogens with one attached hydrogen (secondary N) is 1. The first-order valence-electron chi connectivity index (χ1n) is 8.33. The molecule has 0 radical (unpaired) electrons. The molecule has 3 aromatic rings. The van der Waals surface area contributed by atoms with Crippen LogP contribution in [0.25, 0.3) is 0 Å². The van der Waals surface area contributed by atoms with Gasteiger partial charge in [-0.1, -0.05) is 42.5 Å². The number of hydrogen-bond acceptors (Lipinski definition) is 2. The van der Waals surface area contributed by atoms with E-state index in [1.807, 2.05) is 79.1 Å². The molecule has 4 heteroatoms. The van der Waals surface area contributed by atoms with Gasteiger partial charge in [0.05, 0.1) is 19.6 Å². The van der Waals surface area contributed by atoms with Gasteiger partial charge in [-0.2, -0.15) is 0 Å². The minimum Gasteiger partial charge on any atom is -0.497 e. The maximum absolute atomic E-state index is 12.5. The highest BCUT2D eigenvalue weighted by molar-refractivity contribution is 5.76. The van der Waals surface area contributed by atoms with Gasteiger partial charge in [0.2, 0.25) is 5.91 Å². The normalized spacial score (nSPS) is 11.7. The van der Waals surface area contributed by atoms with Gasteiger partial charge in [0.1, 0.15) is 5.75 Å². The van der Waals surface area contributed by atoms with Gasteiger partial charge in [0.25, 0.3) is 0 Å². The molecule has 0 aliphatic rings. The molecule has 128 valence electrons. The molecule has 0 aliphatic heterocycles. The molecule has 2 aromatic carbocycles. The van der Waals surface area contributed by atoms with Crippen LogP contribution < -0.4 is 10.1 Å². The number of amides is 1. The summed E-state index contributed by atoms with van der Waals surface area (Å²) in [5.74, 6) is 0.810. The summed E-state index contributed by atoms with van der Waals surface area (Å²) in [5.41, 5.74) is 2.14. The van der Waals surface area contributed by atoms with Crippen LogP contribution in [0.5, 0.6) is 5.75 Å². The van der Waals surface area contributed by atoms with Gasteiger partial charge in [-0.15, -0.1) is 0 Å². The van der Waals surface area contributed by atoms with E-state index in [9.17, 15) is 4.79 Å². The zero-order valence-electron chi connectivity index (χ0n) is 14.3. The van der Waals surface area contributed by atoms with Crippen LogP contribution in [0.4, 0.5) is 0 Å². The summed E-state index contributed by atoms with van der Waals surface area (Å²) >= 11 is 0. The Morgan fingerprint density at radius 3 is 2.52 bits per heavy atom. The van der Waals surface area contributed by atoms with E-state index in [-0.39, 0.29) is 11.9 Å². The Morgan fingerprint density at radius 1 is 1.04 bits per heavy atom. The number of carbonyl (C=O) groups is 1. The van der Waals surface area contributed by atoms with Crippen LogP contribution in [-0.2, 0) is 11.3 Å². The van der Waals surface area contributed by atoms with Gasteiger partial charge in [0, 0.05) is 18.9 Å². The van der Waals surface area contributed by atoms with Gasteiger partial charge in [-0.3, -0.25) is 4.79 Å². The predicted octanol–water partition coefficient (Wildman–Crippen LogP) is 3.79. The molecule has 25 heavy (non-hydrogen) atoms. The fourth-order valence-electron chi connectivity index (χ4n) is 2.84. The van der Waals surface area contributed by atoms with E-state index in [1.165, 1.54) is 0 Å². The standard InChI is InChI=1S/C21H22N2O2/c1-25-19-11-7-10-18(14-19)20(23-12-5-6-13-23)15-21(24)22-16-17-8-3-2-4-9-17/h2-14,20H,15-16H2,1H3,(H,22,24). The molecular formula is C21H22N2O2. The Labute approximate surface area is 148 Å². The number of hydrogen-bond donors (Lipinski definition) is 1. The van der Waals surface area contributed by atoms with E-state index < -0.39 is 0 Å². The summed E-state index contributed by atoms with van der Waals surface area (Å²) in [5, 5.41) is 3.01. The predicted molar refractivity (Wildman–Crippen MR) is 98.5 cm³/mol. The van der Waals surface area contributed by atoms with Crippen molar-refractivity contribution >= 4 is 5.91 Å². The summed E-state index contributed by atoms with van der Waals surface area (Å²) < 4.78 is 7.38. The quantitative estimate of drug-likeness (QED) is 0.714. The van der Waals surface area contributed by atoms with Crippen molar-refractivity contribution < 1.29 is 9.53 Å². The van der Waals surface area contributed by atoms with Crippen molar-refractivity contribution in [2.24, 2.45) is 0 Å². The van der Waals surface area contributed by atoms with Crippen LogP contribution in [0.2, 0.25) is 0 Å². The Bertz CT molecular complexity index is 798. The summed E-state index contributed by atoms with van der Waals surface area (Å²) in [6.07, 6.45) is 4.33. The van der Waals surface area contributed by atoms with Crippen molar-refractivity contribution in [3.63, 3.8) is 0 Å². The highest BCUT2D eigenvalue weighted by Crippen LogP contribution is 2.25. The van der Waals surface area contributed by atoms with Crippen LogP contribution in [0.3, 0.4) is 0 Å². The second-order valence-electron chi connectivity index (χ2n) is 5.89. The molecule has 0 bridgehead atoms. The van der Waals surface area contributed by atoms with Crippen molar-refractivity contribution in [1.82, 2.24) is 9.88 Å². The largest absolute Gasteiger partial charge is 0.497 e. The number of aromatic nitrogens is 1. The topological polar surface area (TPSA) is 43.3 Å². The van der Waals surface area contributed by atoms with E-state index in [0.29, 0.717) is 13.0 Å². The third kappa shape index (κ3) is 4.51. The third-order valence-electron chi connectivity index (χ3n) is 4.18. The number of rotatable bonds is 7. The SMILES string of the molecule is COc1cccc(C(CC(=O)NCc2ccccc2)n2cccc2)c1. The molecule has 1 aromatic heterocycles. The molecular weight excluding hydrogens is 312 g/mol. The molecule has 0 spiro atoms. The fourth-order valence-corrected chi connectivity index (χ4v) is 2.84.